The highest BCUT2D eigenvalue weighted by Crippen LogP contribution is 2.43. The number of likely N-dealkylation sites (N-methyl/N-ethyl adjacent to an activating group) is 1. The van der Waals surface area contributed by atoms with Crippen LogP contribution in [0.4, 0.5) is 0 Å². The Kier molecular flexibility index (Phi) is 43.1. The van der Waals surface area contributed by atoms with E-state index in [-0.39, 0.29) is 25.6 Å². The third-order valence-corrected chi connectivity index (χ3v) is 12.5. The molecule has 0 spiro atoms. The van der Waals surface area contributed by atoms with Crippen LogP contribution in [0.25, 0.3) is 0 Å². The zero-order valence-electron chi connectivity index (χ0n) is 40.9. The highest BCUT2D eigenvalue weighted by molar-refractivity contribution is 7.47. The predicted octanol–water partition coefficient (Wildman–Crippen LogP) is 15.3. The fourth-order valence-corrected chi connectivity index (χ4v) is 8.22. The number of carbonyl (C=O) groups is 2. The molecule has 0 aliphatic heterocycles. The zero-order valence-corrected chi connectivity index (χ0v) is 41.8. The lowest BCUT2D eigenvalue weighted by Crippen LogP contribution is -2.37. The van der Waals surface area contributed by atoms with E-state index >= 15 is 0 Å². The van der Waals surface area contributed by atoms with Gasteiger partial charge in [0.05, 0.1) is 27.7 Å². The average Bonchev–Trinajstić information content (AvgIpc) is 3.21. The third kappa shape index (κ3) is 48.1. The van der Waals surface area contributed by atoms with Crippen LogP contribution in [0.2, 0.25) is 0 Å². The van der Waals surface area contributed by atoms with Gasteiger partial charge in [-0.05, 0) is 38.5 Å². The van der Waals surface area contributed by atoms with Crippen LogP contribution in [-0.2, 0) is 32.7 Å². The van der Waals surface area contributed by atoms with Gasteiger partial charge in [-0.3, -0.25) is 18.6 Å². The van der Waals surface area contributed by atoms with E-state index in [0.29, 0.717) is 23.9 Å². The van der Waals surface area contributed by atoms with Crippen molar-refractivity contribution in [2.24, 2.45) is 0 Å². The second-order valence-electron chi connectivity index (χ2n) is 18.9. The van der Waals surface area contributed by atoms with Gasteiger partial charge in [-0.15, -0.1) is 0 Å². The molecule has 0 fully saturated rings. The van der Waals surface area contributed by atoms with Crippen molar-refractivity contribution in [1.82, 2.24) is 0 Å². The summed E-state index contributed by atoms with van der Waals surface area (Å²) in [7, 11) is 1.49. The minimum absolute atomic E-state index is 0.0351. The average molecular weight is 887 g/mol. The molecule has 362 valence electrons. The van der Waals surface area contributed by atoms with Crippen LogP contribution in [-0.4, -0.2) is 74.9 Å². The van der Waals surface area contributed by atoms with Crippen molar-refractivity contribution in [2.45, 2.75) is 258 Å². The molecule has 0 bridgehead atoms. The molecule has 0 aromatic carbocycles. The van der Waals surface area contributed by atoms with E-state index in [1.807, 2.05) is 21.1 Å². The Hall–Kier alpha value is -1.25. The van der Waals surface area contributed by atoms with Gasteiger partial charge < -0.3 is 18.9 Å². The summed E-state index contributed by atoms with van der Waals surface area (Å²) in [5.41, 5.74) is 0. The molecule has 10 heteroatoms. The van der Waals surface area contributed by atoms with Crippen molar-refractivity contribution in [2.75, 3.05) is 47.5 Å². The number of ether oxygens (including phenoxy) is 2. The molecule has 0 rings (SSSR count). The summed E-state index contributed by atoms with van der Waals surface area (Å²) in [6, 6.07) is 0. The van der Waals surface area contributed by atoms with Gasteiger partial charge in [0.15, 0.2) is 6.10 Å². The summed E-state index contributed by atoms with van der Waals surface area (Å²) in [4.78, 5) is 35.5. The highest BCUT2D eigenvalue weighted by Gasteiger charge is 2.27. The maximum Gasteiger partial charge on any atom is 0.472 e. The fraction of sp³-hybridized carbons (Fsp3) is 0.922. The van der Waals surface area contributed by atoms with Crippen LogP contribution in [0.1, 0.15) is 251 Å². The van der Waals surface area contributed by atoms with Crippen molar-refractivity contribution < 1.29 is 42.1 Å². The molecule has 0 aliphatic carbocycles. The zero-order chi connectivity index (χ0) is 45.0. The lowest BCUT2D eigenvalue weighted by Gasteiger charge is -2.24. The molecule has 0 saturated heterocycles. The van der Waals surface area contributed by atoms with E-state index in [1.165, 1.54) is 186 Å². The van der Waals surface area contributed by atoms with Crippen LogP contribution in [0.15, 0.2) is 12.2 Å². The quantitative estimate of drug-likeness (QED) is 0.0212. The summed E-state index contributed by atoms with van der Waals surface area (Å²) < 4.78 is 34.5. The first-order valence-corrected chi connectivity index (χ1v) is 27.4. The van der Waals surface area contributed by atoms with Crippen LogP contribution in [0.5, 0.6) is 0 Å². The number of hydrogen-bond donors (Lipinski definition) is 1. The van der Waals surface area contributed by atoms with E-state index in [4.69, 9.17) is 18.5 Å². The molecule has 0 radical (unpaired) electrons. The van der Waals surface area contributed by atoms with E-state index in [2.05, 4.69) is 26.0 Å². The molecule has 0 saturated carbocycles. The molecule has 1 unspecified atom stereocenters. The molecule has 0 aromatic rings. The molecule has 0 aromatic heterocycles. The maximum absolute atomic E-state index is 12.8. The Labute approximate surface area is 377 Å². The van der Waals surface area contributed by atoms with Crippen LogP contribution in [0.3, 0.4) is 0 Å². The normalized spacial score (nSPS) is 13.5. The van der Waals surface area contributed by atoms with Gasteiger partial charge in [0, 0.05) is 12.8 Å². The monoisotopic (exact) mass is 887 g/mol. The van der Waals surface area contributed by atoms with Crippen molar-refractivity contribution in [3.05, 3.63) is 12.2 Å². The first kappa shape index (κ1) is 59.8. The second kappa shape index (κ2) is 44.0. The standard InChI is InChI=1S/C51H100NO8P/c1-6-8-10-12-14-16-18-20-22-24-25-26-28-30-32-34-36-38-40-42-44-51(54)60-49(48-59-61(55,56)58-46-45-52(3,4)5)47-57-50(53)43-41-39-37-35-33-31-29-27-23-21-19-17-15-13-11-9-7-2/h17,19,49H,6-16,18,20-48H2,1-5H3/p+1/b19-17+/t49-/m1/s1. The number of hydrogen-bond acceptors (Lipinski definition) is 7. The molecular weight excluding hydrogens is 786 g/mol. The number of quaternary nitrogens is 1. The summed E-state index contributed by atoms with van der Waals surface area (Å²) in [6.07, 6.45) is 48.3. The minimum Gasteiger partial charge on any atom is -0.462 e. The van der Waals surface area contributed by atoms with Crippen LogP contribution < -0.4 is 0 Å². The largest absolute Gasteiger partial charge is 0.472 e. The Morgan fingerprint density at radius 1 is 0.492 bits per heavy atom. The molecule has 9 nitrogen and oxygen atoms in total. The second-order valence-corrected chi connectivity index (χ2v) is 20.4. The Bertz CT molecular complexity index is 1050. The van der Waals surface area contributed by atoms with Crippen molar-refractivity contribution in [3.8, 4) is 0 Å². The number of carbonyl (C=O) groups excluding carboxylic acids is 2. The Balaban J connectivity index is 4.21. The van der Waals surface area contributed by atoms with Crippen LogP contribution >= 0.6 is 7.82 Å². The number of phosphoric ester groups is 1. The van der Waals surface area contributed by atoms with E-state index in [1.54, 1.807) is 0 Å². The number of rotatable bonds is 48. The van der Waals surface area contributed by atoms with E-state index < -0.39 is 26.5 Å². The summed E-state index contributed by atoms with van der Waals surface area (Å²) in [5.74, 6) is -0.785. The van der Waals surface area contributed by atoms with Gasteiger partial charge >= 0.3 is 19.8 Å². The Morgan fingerprint density at radius 3 is 1.23 bits per heavy atom. The topological polar surface area (TPSA) is 108 Å². The molecule has 2 atom stereocenters. The van der Waals surface area contributed by atoms with Gasteiger partial charge in [0.2, 0.25) is 0 Å². The van der Waals surface area contributed by atoms with E-state index in [0.717, 1.165) is 32.1 Å². The number of phosphoric acid groups is 1. The van der Waals surface area contributed by atoms with Crippen molar-refractivity contribution in [1.29, 1.82) is 0 Å². The van der Waals surface area contributed by atoms with Gasteiger partial charge in [-0.1, -0.05) is 212 Å². The van der Waals surface area contributed by atoms with Crippen molar-refractivity contribution >= 4 is 19.8 Å². The summed E-state index contributed by atoms with van der Waals surface area (Å²) in [5, 5.41) is 0. The lowest BCUT2D eigenvalue weighted by atomic mass is 10.0. The van der Waals surface area contributed by atoms with Gasteiger partial charge in [0.1, 0.15) is 19.8 Å². The summed E-state index contributed by atoms with van der Waals surface area (Å²) in [6.45, 7) is 4.46. The van der Waals surface area contributed by atoms with Gasteiger partial charge in [0.25, 0.3) is 0 Å². The first-order valence-electron chi connectivity index (χ1n) is 25.9. The fourth-order valence-electron chi connectivity index (χ4n) is 7.48. The Morgan fingerprint density at radius 2 is 0.836 bits per heavy atom. The molecular formula is C51H101NO8P+. The number of unbranched alkanes of at least 4 members (excludes halogenated alkanes) is 32. The lowest BCUT2D eigenvalue weighted by molar-refractivity contribution is -0.870. The summed E-state index contributed by atoms with van der Waals surface area (Å²) >= 11 is 0. The van der Waals surface area contributed by atoms with Crippen LogP contribution in [0, 0.1) is 0 Å². The number of nitrogens with zero attached hydrogens (tertiary/aromatic N) is 1. The SMILES string of the molecule is CCCCCC/C=C/CCCCCCCCCCCC(=O)OC[C@H](COP(=O)(O)OCC[N+](C)(C)C)OC(=O)CCCCCCCCCCCCCCCCCCCCCC. The molecule has 1 N–H and O–H groups in total. The molecule has 0 heterocycles. The minimum atomic E-state index is -4.37. The number of allylic oxidation sites excluding steroid dienone is 2. The molecule has 0 amide bonds. The predicted molar refractivity (Wildman–Crippen MR) is 257 cm³/mol. The molecule has 61 heavy (non-hydrogen) atoms. The first-order chi connectivity index (χ1) is 29.5. The van der Waals surface area contributed by atoms with E-state index in [9.17, 15) is 19.0 Å². The molecule has 0 aliphatic rings. The highest BCUT2D eigenvalue weighted by atomic mass is 31.2. The smallest absolute Gasteiger partial charge is 0.462 e. The third-order valence-electron chi connectivity index (χ3n) is 11.5. The van der Waals surface area contributed by atoms with Crippen molar-refractivity contribution in [3.63, 3.8) is 0 Å². The van der Waals surface area contributed by atoms with Gasteiger partial charge in [-0.2, -0.15) is 0 Å². The number of esters is 2. The maximum atomic E-state index is 12.8. The van der Waals surface area contributed by atoms with Gasteiger partial charge in [-0.25, -0.2) is 4.57 Å².